The molecule has 0 aromatic carbocycles. The number of hydrogen-bond acceptors (Lipinski definition) is 6. The van der Waals surface area contributed by atoms with Crippen LogP contribution in [0.4, 0.5) is 0 Å². The van der Waals surface area contributed by atoms with Crippen molar-refractivity contribution in [3.63, 3.8) is 0 Å². The lowest BCUT2D eigenvalue weighted by atomic mass is 10.0. The van der Waals surface area contributed by atoms with Gasteiger partial charge in [0.1, 0.15) is 13.2 Å². The molecule has 0 aliphatic carbocycles. The number of esters is 3. The van der Waals surface area contributed by atoms with Crippen LogP contribution in [0.5, 0.6) is 0 Å². The molecule has 0 aromatic heterocycles. The van der Waals surface area contributed by atoms with E-state index in [4.69, 9.17) is 14.2 Å². The number of rotatable bonds is 64. The van der Waals surface area contributed by atoms with E-state index in [9.17, 15) is 14.4 Å². The molecular weight excluding hydrogens is 1010 g/mol. The second-order valence-electron chi connectivity index (χ2n) is 23.4. The molecule has 82 heavy (non-hydrogen) atoms. The lowest BCUT2D eigenvalue weighted by Crippen LogP contribution is -2.30. The maximum Gasteiger partial charge on any atom is 0.306 e. The van der Waals surface area contributed by atoms with Crippen LogP contribution >= 0.6 is 0 Å². The first-order valence-corrected chi connectivity index (χ1v) is 35.2. The van der Waals surface area contributed by atoms with E-state index < -0.39 is 6.10 Å². The summed E-state index contributed by atoms with van der Waals surface area (Å²) in [4.78, 5) is 38.4. The van der Waals surface area contributed by atoms with Gasteiger partial charge in [0.25, 0.3) is 0 Å². The van der Waals surface area contributed by atoms with Crippen molar-refractivity contribution in [2.75, 3.05) is 13.2 Å². The van der Waals surface area contributed by atoms with Gasteiger partial charge in [-0.1, -0.05) is 304 Å². The topological polar surface area (TPSA) is 78.9 Å². The Morgan fingerprint density at radius 2 is 0.476 bits per heavy atom. The molecule has 6 nitrogen and oxygen atoms in total. The predicted molar refractivity (Wildman–Crippen MR) is 357 cm³/mol. The molecule has 0 aliphatic heterocycles. The number of carbonyl (C=O) groups is 3. The van der Waals surface area contributed by atoms with Gasteiger partial charge in [-0.05, 0) is 122 Å². The highest BCUT2D eigenvalue weighted by Gasteiger charge is 2.19. The highest BCUT2D eigenvalue weighted by atomic mass is 16.6. The summed E-state index contributed by atoms with van der Waals surface area (Å²) in [7, 11) is 0. The standard InChI is InChI=1S/C76H132O6/c1-4-7-10-13-16-19-22-25-28-30-32-34-35-36-37-38-39-40-41-43-44-46-48-51-54-57-60-63-66-69-75(78)81-72-73(71-80-74(77)68-65-62-59-56-53-50-27-24-21-18-15-12-9-6-3)82-76(79)70-67-64-61-58-55-52-49-47-45-42-33-31-29-26-23-20-17-14-11-8-5-2/h7,10,16,19,23-28,31-34,45,47,73H,4-6,8-9,11-15,17-18,20-22,29-30,35-44,46,48-72H2,1-3H3/b10-7-,19-16-,26-23-,27-24-,28-25-,33-31-,34-32-,47-45-. The van der Waals surface area contributed by atoms with E-state index in [0.717, 1.165) is 116 Å². The van der Waals surface area contributed by atoms with Gasteiger partial charge in [0.2, 0.25) is 0 Å². The first kappa shape index (κ1) is 78.3. The summed E-state index contributed by atoms with van der Waals surface area (Å²) < 4.78 is 17.0. The van der Waals surface area contributed by atoms with Gasteiger partial charge in [0, 0.05) is 19.3 Å². The molecule has 1 atom stereocenters. The zero-order chi connectivity index (χ0) is 59.2. The average Bonchev–Trinajstić information content (AvgIpc) is 3.47. The highest BCUT2D eigenvalue weighted by molar-refractivity contribution is 5.71. The zero-order valence-electron chi connectivity index (χ0n) is 54.2. The van der Waals surface area contributed by atoms with Crippen molar-refractivity contribution < 1.29 is 28.6 Å². The van der Waals surface area contributed by atoms with Crippen molar-refractivity contribution in [3.05, 3.63) is 97.2 Å². The normalized spacial score (nSPS) is 12.7. The summed E-state index contributed by atoms with van der Waals surface area (Å²) in [6.07, 6.45) is 94.3. The smallest absolute Gasteiger partial charge is 0.306 e. The Morgan fingerprint density at radius 1 is 0.256 bits per heavy atom. The first-order chi connectivity index (χ1) is 40.5. The summed E-state index contributed by atoms with van der Waals surface area (Å²) in [6.45, 7) is 6.53. The molecule has 1 unspecified atom stereocenters. The molecule has 0 saturated carbocycles. The number of carbonyl (C=O) groups excluding carboxylic acids is 3. The van der Waals surface area contributed by atoms with Crippen molar-refractivity contribution >= 4 is 17.9 Å². The number of ether oxygens (including phenoxy) is 3. The van der Waals surface area contributed by atoms with E-state index >= 15 is 0 Å². The van der Waals surface area contributed by atoms with Crippen molar-refractivity contribution in [3.8, 4) is 0 Å². The molecule has 0 heterocycles. The average molecular weight is 1140 g/mol. The molecule has 0 aromatic rings. The molecule has 0 saturated heterocycles. The Bertz CT molecular complexity index is 1590. The third-order valence-corrected chi connectivity index (χ3v) is 15.3. The lowest BCUT2D eigenvalue weighted by molar-refractivity contribution is -0.167. The zero-order valence-corrected chi connectivity index (χ0v) is 54.2. The van der Waals surface area contributed by atoms with Crippen LogP contribution in [0.2, 0.25) is 0 Å². The molecule has 472 valence electrons. The largest absolute Gasteiger partial charge is 0.462 e. The Balaban J connectivity index is 4.29. The van der Waals surface area contributed by atoms with Crippen LogP contribution in [-0.2, 0) is 28.6 Å². The third-order valence-electron chi connectivity index (χ3n) is 15.3. The number of hydrogen-bond donors (Lipinski definition) is 0. The minimum Gasteiger partial charge on any atom is -0.462 e. The number of unbranched alkanes of at least 4 members (excludes halogenated alkanes) is 37. The second kappa shape index (κ2) is 69.8. The fraction of sp³-hybridized carbons (Fsp3) is 0.750. The second-order valence-corrected chi connectivity index (χ2v) is 23.4. The fourth-order valence-corrected chi connectivity index (χ4v) is 10.0. The Kier molecular flexibility index (Phi) is 66.7. The van der Waals surface area contributed by atoms with Crippen LogP contribution < -0.4 is 0 Å². The summed E-state index contributed by atoms with van der Waals surface area (Å²) in [5.41, 5.74) is 0. The maximum absolute atomic E-state index is 12.9. The Hall–Kier alpha value is -3.67. The van der Waals surface area contributed by atoms with E-state index in [2.05, 4.69) is 118 Å². The highest BCUT2D eigenvalue weighted by Crippen LogP contribution is 2.17. The third kappa shape index (κ3) is 67.1. The molecule has 0 radical (unpaired) electrons. The van der Waals surface area contributed by atoms with Crippen LogP contribution in [0.25, 0.3) is 0 Å². The van der Waals surface area contributed by atoms with Gasteiger partial charge in [0.05, 0.1) is 0 Å². The Labute approximate surface area is 508 Å². The van der Waals surface area contributed by atoms with Gasteiger partial charge >= 0.3 is 17.9 Å². The minimum absolute atomic E-state index is 0.0830. The molecule has 6 heteroatoms. The minimum atomic E-state index is -0.789. The van der Waals surface area contributed by atoms with Gasteiger partial charge in [-0.15, -0.1) is 0 Å². The number of allylic oxidation sites excluding steroid dienone is 16. The van der Waals surface area contributed by atoms with Crippen molar-refractivity contribution in [2.45, 2.75) is 354 Å². The molecule has 0 bridgehead atoms. The Morgan fingerprint density at radius 3 is 0.756 bits per heavy atom. The van der Waals surface area contributed by atoms with Gasteiger partial charge in [-0.3, -0.25) is 14.4 Å². The molecule has 0 aliphatic rings. The molecule has 0 spiro atoms. The molecule has 0 amide bonds. The summed E-state index contributed by atoms with van der Waals surface area (Å²) in [6, 6.07) is 0. The molecular formula is C76H132O6. The quantitative estimate of drug-likeness (QED) is 0.0261. The van der Waals surface area contributed by atoms with Crippen molar-refractivity contribution in [1.29, 1.82) is 0 Å². The van der Waals surface area contributed by atoms with Gasteiger partial charge in [0.15, 0.2) is 6.10 Å². The van der Waals surface area contributed by atoms with E-state index in [-0.39, 0.29) is 31.1 Å². The van der Waals surface area contributed by atoms with Crippen LogP contribution in [-0.4, -0.2) is 37.2 Å². The molecule has 0 rings (SSSR count). The molecule has 0 fully saturated rings. The van der Waals surface area contributed by atoms with Crippen LogP contribution in [0.15, 0.2) is 97.2 Å². The summed E-state index contributed by atoms with van der Waals surface area (Å²) >= 11 is 0. The van der Waals surface area contributed by atoms with E-state index in [1.54, 1.807) is 0 Å². The monoisotopic (exact) mass is 1140 g/mol. The SMILES string of the molecule is CC/C=C\C/C=C\C/C=C\C/C=C\CCCCCCCCCCCCCCCCCCC(=O)OCC(COC(=O)CCCCCCC/C=C\CCCCCCC)OC(=O)CCCCCCCC/C=C\C/C=C\C/C=C\CCCCCCC. The molecule has 0 N–H and O–H groups in total. The van der Waals surface area contributed by atoms with E-state index in [1.165, 1.54) is 193 Å². The van der Waals surface area contributed by atoms with Crippen LogP contribution in [0.3, 0.4) is 0 Å². The van der Waals surface area contributed by atoms with Crippen LogP contribution in [0.1, 0.15) is 348 Å². The van der Waals surface area contributed by atoms with Gasteiger partial charge in [-0.2, -0.15) is 0 Å². The fourth-order valence-electron chi connectivity index (χ4n) is 10.0. The van der Waals surface area contributed by atoms with Gasteiger partial charge in [-0.25, -0.2) is 0 Å². The van der Waals surface area contributed by atoms with E-state index in [0.29, 0.717) is 19.3 Å². The van der Waals surface area contributed by atoms with Crippen molar-refractivity contribution in [2.24, 2.45) is 0 Å². The lowest BCUT2D eigenvalue weighted by Gasteiger charge is -2.18. The van der Waals surface area contributed by atoms with Gasteiger partial charge < -0.3 is 14.2 Å². The summed E-state index contributed by atoms with van der Waals surface area (Å²) in [5, 5.41) is 0. The van der Waals surface area contributed by atoms with E-state index in [1.807, 2.05) is 0 Å². The van der Waals surface area contributed by atoms with Crippen molar-refractivity contribution in [1.82, 2.24) is 0 Å². The summed E-state index contributed by atoms with van der Waals surface area (Å²) in [5.74, 6) is -0.889. The first-order valence-electron chi connectivity index (χ1n) is 35.2. The predicted octanol–water partition coefficient (Wildman–Crippen LogP) is 24.4. The van der Waals surface area contributed by atoms with Crippen LogP contribution in [0, 0.1) is 0 Å². The maximum atomic E-state index is 12.9.